The van der Waals surface area contributed by atoms with Gasteiger partial charge in [0.15, 0.2) is 0 Å². The molecule has 2 amide bonds. The summed E-state index contributed by atoms with van der Waals surface area (Å²) in [4.78, 5) is 24.8. The molecule has 1 aliphatic carbocycles. The van der Waals surface area contributed by atoms with Crippen LogP contribution in [0.2, 0.25) is 5.02 Å². The first-order valence-electron chi connectivity index (χ1n) is 8.03. The third-order valence-corrected chi connectivity index (χ3v) is 4.22. The van der Waals surface area contributed by atoms with Crippen LogP contribution < -0.4 is 16.4 Å². The molecule has 0 aromatic heterocycles. The van der Waals surface area contributed by atoms with E-state index in [1.165, 1.54) is 0 Å². The van der Waals surface area contributed by atoms with E-state index in [4.69, 9.17) is 17.3 Å². The van der Waals surface area contributed by atoms with Crippen molar-refractivity contribution in [3.05, 3.63) is 28.8 Å². The first kappa shape index (κ1) is 20.7. The minimum Gasteiger partial charge on any atom is -0.350 e. The Balaban J connectivity index is 0.00000288. The number of benzene rings is 1. The molecule has 0 bridgehead atoms. The van der Waals surface area contributed by atoms with Crippen LogP contribution in [0.1, 0.15) is 49.9 Å². The molecule has 5 nitrogen and oxygen atoms in total. The molecular formula is C17H25Cl2N3O2. The fourth-order valence-corrected chi connectivity index (χ4v) is 3.03. The molecule has 2 unspecified atom stereocenters. The van der Waals surface area contributed by atoms with E-state index in [2.05, 4.69) is 10.6 Å². The average molecular weight is 374 g/mol. The first-order valence-corrected chi connectivity index (χ1v) is 8.41. The highest BCUT2D eigenvalue weighted by Gasteiger charge is 2.26. The van der Waals surface area contributed by atoms with Gasteiger partial charge in [-0.25, -0.2) is 0 Å². The number of carbonyl (C=O) groups is 2. The molecule has 7 heteroatoms. The van der Waals surface area contributed by atoms with E-state index >= 15 is 0 Å². The normalized spacial score (nSPS) is 20.2. The molecule has 134 valence electrons. The standard InChI is InChI=1S/C17H24ClN3O2.ClH/c1-10(2)20-17(23)14-7-6-12(18)9-15(14)21-16(22)11-4-3-5-13(19)8-11;/h6-7,9-11,13H,3-5,8,19H2,1-2H3,(H,20,23)(H,21,22);1H. The number of anilines is 1. The predicted molar refractivity (Wildman–Crippen MR) is 99.9 cm³/mol. The van der Waals surface area contributed by atoms with Crippen LogP contribution in [0.3, 0.4) is 0 Å². The number of hydrogen-bond donors (Lipinski definition) is 3. The smallest absolute Gasteiger partial charge is 0.253 e. The average Bonchev–Trinajstić information content (AvgIpc) is 2.46. The third kappa shape index (κ3) is 5.65. The van der Waals surface area contributed by atoms with Gasteiger partial charge in [-0.1, -0.05) is 18.0 Å². The van der Waals surface area contributed by atoms with Crippen molar-refractivity contribution in [1.82, 2.24) is 5.32 Å². The second kappa shape index (κ2) is 9.25. The maximum absolute atomic E-state index is 12.5. The number of nitrogens with one attached hydrogen (secondary N) is 2. The van der Waals surface area contributed by atoms with E-state index in [1.807, 2.05) is 13.8 Å². The molecular weight excluding hydrogens is 349 g/mol. The molecule has 1 aromatic carbocycles. The fourth-order valence-electron chi connectivity index (χ4n) is 2.86. The summed E-state index contributed by atoms with van der Waals surface area (Å²) in [6.45, 7) is 3.77. The lowest BCUT2D eigenvalue weighted by molar-refractivity contribution is -0.120. The van der Waals surface area contributed by atoms with Gasteiger partial charge in [0.2, 0.25) is 5.91 Å². The van der Waals surface area contributed by atoms with Crippen LogP contribution in [0.5, 0.6) is 0 Å². The lowest BCUT2D eigenvalue weighted by Crippen LogP contribution is -2.35. The fraction of sp³-hybridized carbons (Fsp3) is 0.529. The van der Waals surface area contributed by atoms with E-state index in [-0.39, 0.29) is 42.2 Å². The maximum atomic E-state index is 12.5. The molecule has 1 aliphatic rings. The zero-order chi connectivity index (χ0) is 17.0. The molecule has 0 radical (unpaired) electrons. The topological polar surface area (TPSA) is 84.2 Å². The van der Waals surface area contributed by atoms with Crippen molar-refractivity contribution >= 4 is 41.5 Å². The van der Waals surface area contributed by atoms with Crippen LogP contribution >= 0.6 is 24.0 Å². The zero-order valence-corrected chi connectivity index (χ0v) is 15.5. The van der Waals surface area contributed by atoms with Gasteiger partial charge in [0, 0.05) is 23.0 Å². The van der Waals surface area contributed by atoms with Crippen LogP contribution in [0.25, 0.3) is 0 Å². The van der Waals surface area contributed by atoms with Gasteiger partial charge >= 0.3 is 0 Å². The molecule has 2 atom stereocenters. The lowest BCUT2D eigenvalue weighted by Gasteiger charge is -2.26. The van der Waals surface area contributed by atoms with E-state index in [0.29, 0.717) is 22.7 Å². The minimum absolute atomic E-state index is 0. The van der Waals surface area contributed by atoms with Gasteiger partial charge in [-0.05, 0) is 51.3 Å². The van der Waals surface area contributed by atoms with Crippen LogP contribution in [-0.2, 0) is 4.79 Å². The van der Waals surface area contributed by atoms with E-state index in [0.717, 1.165) is 19.3 Å². The monoisotopic (exact) mass is 373 g/mol. The van der Waals surface area contributed by atoms with Gasteiger partial charge in [0.1, 0.15) is 0 Å². The quantitative estimate of drug-likeness (QED) is 0.756. The molecule has 2 rings (SSSR count). The second-order valence-corrected chi connectivity index (χ2v) is 6.87. The van der Waals surface area contributed by atoms with Gasteiger partial charge in [0.25, 0.3) is 5.91 Å². The van der Waals surface area contributed by atoms with Crippen molar-refractivity contribution in [2.45, 2.75) is 51.6 Å². The number of halogens is 2. The van der Waals surface area contributed by atoms with E-state index in [1.54, 1.807) is 18.2 Å². The lowest BCUT2D eigenvalue weighted by atomic mass is 9.85. The Morgan fingerprint density at radius 1 is 1.29 bits per heavy atom. The molecule has 1 fully saturated rings. The molecule has 0 spiro atoms. The highest BCUT2D eigenvalue weighted by molar-refractivity contribution is 6.31. The van der Waals surface area contributed by atoms with Gasteiger partial charge < -0.3 is 16.4 Å². The Morgan fingerprint density at radius 2 is 2.00 bits per heavy atom. The Bertz CT molecular complexity index is 593. The Morgan fingerprint density at radius 3 is 2.62 bits per heavy atom. The largest absolute Gasteiger partial charge is 0.350 e. The summed E-state index contributed by atoms with van der Waals surface area (Å²) in [5.74, 6) is -0.438. The second-order valence-electron chi connectivity index (χ2n) is 6.43. The molecule has 1 aromatic rings. The van der Waals surface area contributed by atoms with Crippen LogP contribution in [-0.4, -0.2) is 23.9 Å². The Labute approximate surface area is 154 Å². The number of amides is 2. The van der Waals surface area contributed by atoms with Gasteiger partial charge in [-0.15, -0.1) is 12.4 Å². The number of nitrogens with two attached hydrogens (primary N) is 1. The van der Waals surface area contributed by atoms with Gasteiger partial charge in [-0.2, -0.15) is 0 Å². The number of carbonyl (C=O) groups excluding carboxylic acids is 2. The molecule has 0 aliphatic heterocycles. The van der Waals surface area contributed by atoms with Crippen molar-refractivity contribution < 1.29 is 9.59 Å². The van der Waals surface area contributed by atoms with Crippen molar-refractivity contribution in [3.8, 4) is 0 Å². The summed E-state index contributed by atoms with van der Waals surface area (Å²) in [7, 11) is 0. The maximum Gasteiger partial charge on any atom is 0.253 e. The van der Waals surface area contributed by atoms with Crippen molar-refractivity contribution in [1.29, 1.82) is 0 Å². The third-order valence-electron chi connectivity index (χ3n) is 3.99. The van der Waals surface area contributed by atoms with Crippen molar-refractivity contribution in [2.24, 2.45) is 11.7 Å². The summed E-state index contributed by atoms with van der Waals surface area (Å²) in [5, 5.41) is 6.16. The van der Waals surface area contributed by atoms with Gasteiger partial charge in [-0.3, -0.25) is 9.59 Å². The summed E-state index contributed by atoms with van der Waals surface area (Å²) >= 11 is 6.02. The summed E-state index contributed by atoms with van der Waals surface area (Å²) in [6, 6.07) is 4.96. The molecule has 1 saturated carbocycles. The predicted octanol–water partition coefficient (Wildman–Crippen LogP) is 3.36. The Hall–Kier alpha value is -1.30. The van der Waals surface area contributed by atoms with Crippen LogP contribution in [0, 0.1) is 5.92 Å². The molecule has 24 heavy (non-hydrogen) atoms. The highest BCUT2D eigenvalue weighted by Crippen LogP contribution is 2.27. The highest BCUT2D eigenvalue weighted by atomic mass is 35.5. The summed E-state index contributed by atoms with van der Waals surface area (Å²) in [6.07, 6.45) is 3.42. The zero-order valence-electron chi connectivity index (χ0n) is 14.0. The molecule has 0 heterocycles. The van der Waals surface area contributed by atoms with Crippen LogP contribution in [0.4, 0.5) is 5.69 Å². The van der Waals surface area contributed by atoms with E-state index in [9.17, 15) is 9.59 Å². The van der Waals surface area contributed by atoms with Crippen LogP contribution in [0.15, 0.2) is 18.2 Å². The van der Waals surface area contributed by atoms with Gasteiger partial charge in [0.05, 0.1) is 11.3 Å². The van der Waals surface area contributed by atoms with Crippen molar-refractivity contribution in [2.75, 3.05) is 5.32 Å². The number of hydrogen-bond acceptors (Lipinski definition) is 3. The molecule has 4 N–H and O–H groups in total. The summed E-state index contributed by atoms with van der Waals surface area (Å²) in [5.41, 5.74) is 6.81. The SMILES string of the molecule is CC(C)NC(=O)c1ccc(Cl)cc1NC(=O)C1CCCC(N)C1.Cl. The summed E-state index contributed by atoms with van der Waals surface area (Å²) < 4.78 is 0. The van der Waals surface area contributed by atoms with E-state index < -0.39 is 0 Å². The minimum atomic E-state index is -0.229. The Kier molecular flexibility index (Phi) is 8.00. The first-order chi connectivity index (χ1) is 10.9. The van der Waals surface area contributed by atoms with Crippen molar-refractivity contribution in [3.63, 3.8) is 0 Å². The number of rotatable bonds is 4. The molecule has 0 saturated heterocycles.